The second-order valence-electron chi connectivity index (χ2n) is 3.54. The molecule has 1 amide bonds. The molecule has 5 heteroatoms. The van der Waals surface area contributed by atoms with Crippen molar-refractivity contribution in [3.63, 3.8) is 0 Å². The average molecular weight is 235 g/mol. The second kappa shape index (κ2) is 6.42. The Morgan fingerprint density at radius 2 is 2.00 bits per heavy atom. The third-order valence-electron chi connectivity index (χ3n) is 2.11. The molecule has 0 bridgehead atoms. The molecule has 0 radical (unpaired) electrons. The van der Waals surface area contributed by atoms with Crippen molar-refractivity contribution in [2.24, 2.45) is 0 Å². The highest BCUT2D eigenvalue weighted by Gasteiger charge is 2.05. The van der Waals surface area contributed by atoms with Crippen LogP contribution in [0.4, 0.5) is 0 Å². The minimum Gasteiger partial charge on any atom is -0.480 e. The summed E-state index contributed by atoms with van der Waals surface area (Å²) >= 11 is 0. The van der Waals surface area contributed by atoms with Crippen molar-refractivity contribution in [3.05, 3.63) is 35.4 Å². The van der Waals surface area contributed by atoms with E-state index in [2.05, 4.69) is 5.32 Å². The first-order valence-electron chi connectivity index (χ1n) is 5.11. The number of rotatable bonds is 6. The Kier molecular flexibility index (Phi) is 4.87. The molecular formula is C12H13NO4. The van der Waals surface area contributed by atoms with Crippen LogP contribution in [-0.2, 0) is 27.2 Å². The van der Waals surface area contributed by atoms with Crippen molar-refractivity contribution >= 4 is 18.2 Å². The lowest BCUT2D eigenvalue weighted by Gasteiger charge is -2.04. The summed E-state index contributed by atoms with van der Waals surface area (Å²) < 4.78 is 0. The number of nitrogens with one attached hydrogen (secondary N) is 1. The summed E-state index contributed by atoms with van der Waals surface area (Å²) in [4.78, 5) is 31.9. The molecule has 1 rings (SSSR count). The van der Waals surface area contributed by atoms with Gasteiger partial charge in [0.15, 0.2) is 0 Å². The topological polar surface area (TPSA) is 83.5 Å². The van der Waals surface area contributed by atoms with E-state index in [0.717, 1.165) is 17.4 Å². The van der Waals surface area contributed by atoms with Gasteiger partial charge in [-0.1, -0.05) is 24.3 Å². The molecule has 0 aliphatic rings. The normalized spacial score (nSPS) is 9.65. The number of carboxylic acid groups (broad SMARTS) is 1. The average Bonchev–Trinajstić information content (AvgIpc) is 2.27. The largest absolute Gasteiger partial charge is 0.480 e. The maximum absolute atomic E-state index is 11.3. The van der Waals surface area contributed by atoms with Crippen molar-refractivity contribution in [1.82, 2.24) is 5.32 Å². The molecule has 0 atom stereocenters. The van der Waals surface area contributed by atoms with Crippen LogP contribution in [0, 0.1) is 0 Å². The molecular weight excluding hydrogens is 222 g/mol. The van der Waals surface area contributed by atoms with E-state index in [4.69, 9.17) is 5.11 Å². The van der Waals surface area contributed by atoms with Gasteiger partial charge >= 0.3 is 5.97 Å². The van der Waals surface area contributed by atoms with Gasteiger partial charge in [-0.15, -0.1) is 0 Å². The van der Waals surface area contributed by atoms with Crippen molar-refractivity contribution in [2.45, 2.75) is 12.8 Å². The summed E-state index contributed by atoms with van der Waals surface area (Å²) in [5.41, 5.74) is 1.59. The van der Waals surface area contributed by atoms with Gasteiger partial charge in [0.1, 0.15) is 12.8 Å². The highest BCUT2D eigenvalue weighted by atomic mass is 16.4. The van der Waals surface area contributed by atoms with E-state index < -0.39 is 5.97 Å². The molecule has 0 unspecified atom stereocenters. The van der Waals surface area contributed by atoms with E-state index in [1.54, 1.807) is 24.3 Å². The Hall–Kier alpha value is -2.17. The monoisotopic (exact) mass is 235 g/mol. The molecule has 0 saturated carbocycles. The Morgan fingerprint density at radius 1 is 1.29 bits per heavy atom. The lowest BCUT2D eigenvalue weighted by molar-refractivity contribution is -0.137. The van der Waals surface area contributed by atoms with Crippen molar-refractivity contribution < 1.29 is 19.5 Å². The van der Waals surface area contributed by atoms with Crippen LogP contribution < -0.4 is 5.32 Å². The number of carbonyl (C=O) groups excluding carboxylic acids is 2. The Labute approximate surface area is 98.4 Å². The Balaban J connectivity index is 2.55. The van der Waals surface area contributed by atoms with Crippen molar-refractivity contribution in [2.75, 3.05) is 6.54 Å². The number of amides is 1. The smallest absolute Gasteiger partial charge is 0.322 e. The quantitative estimate of drug-likeness (QED) is 0.688. The first kappa shape index (κ1) is 12.9. The predicted octanol–water partition coefficient (Wildman–Crippen LogP) is 0.171. The lowest BCUT2D eigenvalue weighted by atomic mass is 10.1. The maximum Gasteiger partial charge on any atom is 0.322 e. The number of aliphatic carboxylic acids is 1. The SMILES string of the molecule is O=CCc1cccc(CC(=O)NCC(=O)O)c1. The molecule has 5 nitrogen and oxygen atoms in total. The molecule has 0 aliphatic heterocycles. The third-order valence-corrected chi connectivity index (χ3v) is 2.11. The summed E-state index contributed by atoms with van der Waals surface area (Å²) in [7, 11) is 0. The Bertz CT molecular complexity index is 428. The Morgan fingerprint density at radius 3 is 2.65 bits per heavy atom. The molecule has 0 spiro atoms. The van der Waals surface area contributed by atoms with E-state index in [0.29, 0.717) is 6.42 Å². The molecule has 90 valence electrons. The molecule has 1 aromatic rings. The predicted molar refractivity (Wildman–Crippen MR) is 60.6 cm³/mol. The number of hydrogen-bond acceptors (Lipinski definition) is 3. The molecule has 0 aromatic heterocycles. The van der Waals surface area contributed by atoms with Gasteiger partial charge < -0.3 is 15.2 Å². The van der Waals surface area contributed by atoms with Crippen LogP contribution in [0.2, 0.25) is 0 Å². The third kappa shape index (κ3) is 4.92. The van der Waals surface area contributed by atoms with Crippen LogP contribution in [0.25, 0.3) is 0 Å². The van der Waals surface area contributed by atoms with Gasteiger partial charge in [-0.05, 0) is 11.1 Å². The summed E-state index contributed by atoms with van der Waals surface area (Å²) in [6.07, 6.45) is 1.22. The number of benzene rings is 1. The van der Waals surface area contributed by atoms with E-state index in [9.17, 15) is 14.4 Å². The number of hydrogen-bond donors (Lipinski definition) is 2. The zero-order valence-corrected chi connectivity index (χ0v) is 9.18. The molecule has 17 heavy (non-hydrogen) atoms. The van der Waals surface area contributed by atoms with E-state index >= 15 is 0 Å². The fourth-order valence-electron chi connectivity index (χ4n) is 1.38. The van der Waals surface area contributed by atoms with Crippen LogP contribution in [0.5, 0.6) is 0 Å². The van der Waals surface area contributed by atoms with Gasteiger partial charge in [-0.3, -0.25) is 9.59 Å². The second-order valence-corrected chi connectivity index (χ2v) is 3.54. The van der Waals surface area contributed by atoms with Gasteiger partial charge in [-0.2, -0.15) is 0 Å². The fourth-order valence-corrected chi connectivity index (χ4v) is 1.38. The van der Waals surface area contributed by atoms with Crippen LogP contribution in [0.1, 0.15) is 11.1 Å². The first-order chi connectivity index (χ1) is 8.11. The van der Waals surface area contributed by atoms with Gasteiger partial charge in [-0.25, -0.2) is 0 Å². The van der Waals surface area contributed by atoms with Gasteiger partial charge in [0.05, 0.1) is 6.42 Å². The molecule has 0 fully saturated rings. The fraction of sp³-hybridized carbons (Fsp3) is 0.250. The van der Waals surface area contributed by atoms with E-state index in [1.807, 2.05) is 0 Å². The van der Waals surface area contributed by atoms with Gasteiger partial charge in [0.2, 0.25) is 5.91 Å². The van der Waals surface area contributed by atoms with Crippen molar-refractivity contribution in [1.29, 1.82) is 0 Å². The molecule has 0 heterocycles. The molecule has 0 aliphatic carbocycles. The van der Waals surface area contributed by atoms with Crippen LogP contribution in [0.3, 0.4) is 0 Å². The van der Waals surface area contributed by atoms with Crippen molar-refractivity contribution in [3.8, 4) is 0 Å². The number of carbonyl (C=O) groups is 3. The summed E-state index contributed by atoms with van der Waals surface area (Å²) in [5.74, 6) is -1.43. The lowest BCUT2D eigenvalue weighted by Crippen LogP contribution is -2.30. The van der Waals surface area contributed by atoms with E-state index in [1.165, 1.54) is 0 Å². The first-order valence-corrected chi connectivity index (χ1v) is 5.11. The van der Waals surface area contributed by atoms with E-state index in [-0.39, 0.29) is 18.9 Å². The zero-order chi connectivity index (χ0) is 12.7. The van der Waals surface area contributed by atoms with Crippen LogP contribution in [0.15, 0.2) is 24.3 Å². The van der Waals surface area contributed by atoms with Gasteiger partial charge in [0, 0.05) is 6.42 Å². The highest BCUT2D eigenvalue weighted by Crippen LogP contribution is 2.06. The standard InChI is InChI=1S/C12H13NO4/c14-5-4-9-2-1-3-10(6-9)7-11(15)13-8-12(16)17/h1-3,5-6H,4,7-8H2,(H,13,15)(H,16,17). The molecule has 2 N–H and O–H groups in total. The van der Waals surface area contributed by atoms with Crippen LogP contribution in [-0.4, -0.2) is 29.8 Å². The summed E-state index contributed by atoms with van der Waals surface area (Å²) in [6, 6.07) is 7.08. The summed E-state index contributed by atoms with van der Waals surface area (Å²) in [5, 5.41) is 10.7. The highest BCUT2D eigenvalue weighted by molar-refractivity contribution is 5.82. The van der Waals surface area contributed by atoms with Gasteiger partial charge in [0.25, 0.3) is 0 Å². The number of aldehydes is 1. The summed E-state index contributed by atoms with van der Waals surface area (Å²) in [6.45, 7) is -0.382. The minimum absolute atomic E-state index is 0.111. The maximum atomic E-state index is 11.3. The molecule has 0 saturated heterocycles. The molecule has 1 aromatic carbocycles. The minimum atomic E-state index is -1.08. The van der Waals surface area contributed by atoms with Crippen LogP contribution >= 0.6 is 0 Å². The zero-order valence-electron chi connectivity index (χ0n) is 9.18. The number of carboxylic acids is 1.